The Hall–Kier alpha value is -2.17. The smallest absolute Gasteiger partial charge is 0.338 e. The zero-order chi connectivity index (χ0) is 24.1. The van der Waals surface area contributed by atoms with Crippen molar-refractivity contribution in [3.63, 3.8) is 0 Å². The Kier molecular flexibility index (Phi) is 6.45. The number of hydrogen-bond acceptors (Lipinski definition) is 9. The highest BCUT2D eigenvalue weighted by atomic mass is 16.7. The molecular formula is C24H34N2O7. The van der Waals surface area contributed by atoms with Crippen LogP contribution in [0.15, 0.2) is 27.4 Å². The summed E-state index contributed by atoms with van der Waals surface area (Å²) in [7, 11) is 1.46. The van der Waals surface area contributed by atoms with Crippen LogP contribution in [0.25, 0.3) is 11.0 Å². The van der Waals surface area contributed by atoms with E-state index in [9.17, 15) is 15.0 Å². The molecule has 182 valence electrons. The summed E-state index contributed by atoms with van der Waals surface area (Å²) in [6, 6.07) is 5.67. The minimum Gasteiger partial charge on any atom is -0.462 e. The Labute approximate surface area is 193 Å². The molecule has 6 atom stereocenters. The number of aryl methyl sites for hydroxylation is 1. The first-order valence-corrected chi connectivity index (χ1v) is 11.3. The number of aliphatic hydroxyl groups is 2. The number of ether oxygens (including phenoxy) is 3. The van der Waals surface area contributed by atoms with E-state index >= 15 is 0 Å². The van der Waals surface area contributed by atoms with Gasteiger partial charge in [-0.1, -0.05) is 0 Å². The van der Waals surface area contributed by atoms with Crippen LogP contribution in [0, 0.1) is 6.92 Å². The van der Waals surface area contributed by atoms with Gasteiger partial charge in [0.25, 0.3) is 0 Å². The van der Waals surface area contributed by atoms with E-state index in [1.165, 1.54) is 13.2 Å². The maximum absolute atomic E-state index is 12.5. The van der Waals surface area contributed by atoms with E-state index < -0.39 is 35.8 Å². The molecule has 1 aromatic heterocycles. The Morgan fingerprint density at radius 2 is 1.94 bits per heavy atom. The average molecular weight is 463 g/mol. The molecule has 0 radical (unpaired) electrons. The number of methoxy groups -OCH3 is 1. The van der Waals surface area contributed by atoms with Crippen LogP contribution < -0.4 is 20.6 Å². The SMILES string of the molecule is CO[C@@H]1[C@H](O)[C@@H](O)[C@H](Oc2ccc3c(N4CC(C)NCC4C)cc(=O)oc3c2C)OC1(C)C. The van der Waals surface area contributed by atoms with Gasteiger partial charge in [0, 0.05) is 49.3 Å². The number of piperazine rings is 1. The first-order valence-electron chi connectivity index (χ1n) is 11.3. The van der Waals surface area contributed by atoms with Gasteiger partial charge in [0.05, 0.1) is 11.3 Å². The van der Waals surface area contributed by atoms with Crippen LogP contribution in [-0.2, 0) is 9.47 Å². The van der Waals surface area contributed by atoms with Crippen molar-refractivity contribution in [2.75, 3.05) is 25.1 Å². The first kappa shape index (κ1) is 24.0. The molecule has 4 rings (SSSR count). The zero-order valence-corrected chi connectivity index (χ0v) is 20.0. The van der Waals surface area contributed by atoms with Gasteiger partial charge >= 0.3 is 5.63 Å². The molecular weight excluding hydrogens is 428 g/mol. The molecule has 2 unspecified atom stereocenters. The molecule has 0 spiro atoms. The van der Waals surface area contributed by atoms with Crippen molar-refractivity contribution in [1.29, 1.82) is 0 Å². The van der Waals surface area contributed by atoms with Gasteiger partial charge in [-0.25, -0.2) is 4.79 Å². The summed E-state index contributed by atoms with van der Waals surface area (Å²) in [6.45, 7) is 11.1. The minimum atomic E-state index is -1.32. The van der Waals surface area contributed by atoms with E-state index in [4.69, 9.17) is 18.6 Å². The molecule has 2 saturated heterocycles. The summed E-state index contributed by atoms with van der Waals surface area (Å²) in [5.41, 5.74) is 0.528. The quantitative estimate of drug-likeness (QED) is 0.582. The lowest BCUT2D eigenvalue weighted by atomic mass is 9.89. The van der Waals surface area contributed by atoms with Crippen molar-refractivity contribution in [1.82, 2.24) is 5.32 Å². The Morgan fingerprint density at radius 3 is 2.64 bits per heavy atom. The molecule has 1 aromatic carbocycles. The third kappa shape index (κ3) is 4.36. The molecule has 2 aliphatic heterocycles. The lowest BCUT2D eigenvalue weighted by Crippen LogP contribution is -2.63. The summed E-state index contributed by atoms with van der Waals surface area (Å²) < 4.78 is 22.8. The molecule has 2 aliphatic rings. The molecule has 2 aromatic rings. The number of nitrogens with zero attached hydrogens (tertiary/aromatic N) is 1. The lowest BCUT2D eigenvalue weighted by molar-refractivity contribution is -0.306. The fourth-order valence-electron chi connectivity index (χ4n) is 4.88. The predicted molar refractivity (Wildman–Crippen MR) is 124 cm³/mol. The van der Waals surface area contributed by atoms with E-state index in [-0.39, 0.29) is 6.04 Å². The molecule has 0 bridgehead atoms. The van der Waals surface area contributed by atoms with E-state index in [0.717, 1.165) is 24.2 Å². The molecule has 9 heteroatoms. The third-order valence-electron chi connectivity index (χ3n) is 6.70. The molecule has 2 fully saturated rings. The van der Waals surface area contributed by atoms with Crippen LogP contribution in [-0.4, -0.2) is 72.7 Å². The van der Waals surface area contributed by atoms with Crippen LogP contribution in [0.4, 0.5) is 5.69 Å². The van der Waals surface area contributed by atoms with E-state index in [2.05, 4.69) is 24.1 Å². The number of hydrogen-bond donors (Lipinski definition) is 3. The highest BCUT2D eigenvalue weighted by Crippen LogP contribution is 2.37. The van der Waals surface area contributed by atoms with Crippen molar-refractivity contribution in [2.24, 2.45) is 0 Å². The Morgan fingerprint density at radius 1 is 1.21 bits per heavy atom. The van der Waals surface area contributed by atoms with Crippen molar-refractivity contribution >= 4 is 16.7 Å². The first-order chi connectivity index (χ1) is 15.5. The van der Waals surface area contributed by atoms with Gasteiger partial charge in [-0.15, -0.1) is 0 Å². The molecule has 9 nitrogen and oxygen atoms in total. The minimum absolute atomic E-state index is 0.214. The van der Waals surface area contributed by atoms with Crippen molar-refractivity contribution in [3.05, 3.63) is 34.2 Å². The Bertz CT molecular complexity index is 1070. The molecule has 0 saturated carbocycles. The summed E-state index contributed by atoms with van der Waals surface area (Å²) in [4.78, 5) is 14.7. The van der Waals surface area contributed by atoms with Gasteiger partial charge in [0.1, 0.15) is 29.6 Å². The van der Waals surface area contributed by atoms with Crippen LogP contribution in [0.5, 0.6) is 5.75 Å². The second-order valence-electron chi connectivity index (χ2n) is 9.67. The van der Waals surface area contributed by atoms with Crippen LogP contribution in [0.1, 0.15) is 33.3 Å². The Balaban J connectivity index is 1.70. The highest BCUT2D eigenvalue weighted by Gasteiger charge is 2.50. The van der Waals surface area contributed by atoms with Crippen molar-refractivity contribution in [2.45, 2.75) is 76.9 Å². The third-order valence-corrected chi connectivity index (χ3v) is 6.70. The molecule has 0 aliphatic carbocycles. The van der Waals surface area contributed by atoms with Crippen molar-refractivity contribution in [3.8, 4) is 5.75 Å². The molecule has 0 amide bonds. The van der Waals surface area contributed by atoms with Crippen LogP contribution in [0.3, 0.4) is 0 Å². The van der Waals surface area contributed by atoms with Gasteiger partial charge in [0.2, 0.25) is 6.29 Å². The molecule has 3 N–H and O–H groups in total. The normalized spacial score (nSPS) is 32.2. The number of nitrogens with one attached hydrogen (secondary N) is 1. The molecule has 33 heavy (non-hydrogen) atoms. The van der Waals surface area contributed by atoms with Gasteiger partial charge in [-0.05, 0) is 46.8 Å². The summed E-state index contributed by atoms with van der Waals surface area (Å²) in [5, 5.41) is 25.4. The lowest BCUT2D eigenvalue weighted by Gasteiger charge is -2.46. The van der Waals surface area contributed by atoms with E-state index in [1.807, 2.05) is 6.07 Å². The van der Waals surface area contributed by atoms with Crippen LogP contribution >= 0.6 is 0 Å². The second-order valence-corrected chi connectivity index (χ2v) is 9.67. The van der Waals surface area contributed by atoms with Gasteiger partial charge < -0.3 is 39.1 Å². The van der Waals surface area contributed by atoms with Gasteiger partial charge in [-0.3, -0.25) is 0 Å². The number of rotatable bonds is 4. The fourth-order valence-corrected chi connectivity index (χ4v) is 4.88. The fraction of sp³-hybridized carbons (Fsp3) is 0.625. The van der Waals surface area contributed by atoms with Crippen LogP contribution in [0.2, 0.25) is 0 Å². The monoisotopic (exact) mass is 462 g/mol. The van der Waals surface area contributed by atoms with E-state index in [1.54, 1.807) is 26.8 Å². The van der Waals surface area contributed by atoms with Gasteiger partial charge in [-0.2, -0.15) is 0 Å². The largest absolute Gasteiger partial charge is 0.462 e. The summed E-state index contributed by atoms with van der Waals surface area (Å²) >= 11 is 0. The number of aliphatic hydroxyl groups excluding tert-OH is 2. The number of benzene rings is 1. The topological polar surface area (TPSA) is 114 Å². The number of anilines is 1. The molecule has 3 heterocycles. The van der Waals surface area contributed by atoms with E-state index in [0.29, 0.717) is 22.9 Å². The predicted octanol–water partition coefficient (Wildman–Crippen LogP) is 1.54. The zero-order valence-electron chi connectivity index (χ0n) is 20.0. The average Bonchev–Trinajstić information content (AvgIpc) is 2.75. The van der Waals surface area contributed by atoms with Gasteiger partial charge in [0.15, 0.2) is 0 Å². The summed E-state index contributed by atoms with van der Waals surface area (Å²) in [6.07, 6.45) is -4.35. The highest BCUT2D eigenvalue weighted by molar-refractivity contribution is 5.93. The standard InChI is InChI=1S/C24H34N2O7/c1-12-11-26(13(2)10-25-12)16-9-18(27)32-21-14(3)17(8-7-15(16)21)31-23-20(29)19(28)22(30-6)24(4,5)33-23/h7-9,12-13,19-20,22-23,25,28-29H,10-11H2,1-6H3/t12?,13?,19-,20-,22-,23-/m1/s1. The van der Waals surface area contributed by atoms with Crippen molar-refractivity contribution < 1.29 is 28.8 Å². The summed E-state index contributed by atoms with van der Waals surface area (Å²) in [5.74, 6) is 0.396. The number of fused-ring (bicyclic) bond motifs is 1. The second kappa shape index (κ2) is 8.88. The maximum Gasteiger partial charge on any atom is 0.338 e. The maximum atomic E-state index is 12.5.